The second-order valence-corrected chi connectivity index (χ2v) is 3.75. The Labute approximate surface area is 98.0 Å². The van der Waals surface area contributed by atoms with Crippen molar-refractivity contribution >= 4 is 0 Å². The van der Waals surface area contributed by atoms with E-state index < -0.39 is 0 Å². The Kier molecular flexibility index (Phi) is 5.45. The molecule has 1 N–H and O–H groups in total. The van der Waals surface area contributed by atoms with E-state index in [1.807, 2.05) is 18.2 Å². The number of methoxy groups -OCH3 is 1. The molecule has 0 radical (unpaired) electrons. The van der Waals surface area contributed by atoms with E-state index in [1.165, 1.54) is 5.56 Å². The van der Waals surface area contributed by atoms with Gasteiger partial charge in [0, 0.05) is 19.0 Å². The molecular formula is C14H19NO. The molecule has 1 aromatic rings. The van der Waals surface area contributed by atoms with Gasteiger partial charge in [-0.2, -0.15) is 0 Å². The summed E-state index contributed by atoms with van der Waals surface area (Å²) in [7, 11) is 1.68. The minimum atomic E-state index is 0.399. The first-order chi connectivity index (χ1) is 7.80. The minimum absolute atomic E-state index is 0.399. The summed E-state index contributed by atoms with van der Waals surface area (Å²) in [4.78, 5) is 0. The van der Waals surface area contributed by atoms with Gasteiger partial charge in [-0.3, -0.25) is 0 Å². The maximum Gasteiger partial charge on any atom is 0.119 e. The van der Waals surface area contributed by atoms with Gasteiger partial charge >= 0.3 is 0 Å². The lowest BCUT2D eigenvalue weighted by atomic mass is 10.1. The van der Waals surface area contributed by atoms with Crippen LogP contribution in [0, 0.1) is 12.3 Å². The highest BCUT2D eigenvalue weighted by Gasteiger charge is 2.03. The van der Waals surface area contributed by atoms with Crippen molar-refractivity contribution < 1.29 is 4.74 Å². The molecule has 0 saturated carbocycles. The second kappa shape index (κ2) is 6.92. The summed E-state index contributed by atoms with van der Waals surface area (Å²) in [5.41, 5.74) is 1.22. The molecule has 86 valence electrons. The molecular weight excluding hydrogens is 198 g/mol. The van der Waals surface area contributed by atoms with Crippen LogP contribution >= 0.6 is 0 Å². The molecule has 0 heterocycles. The lowest BCUT2D eigenvalue weighted by molar-refractivity contribution is 0.413. The first-order valence-electron chi connectivity index (χ1n) is 5.60. The molecule has 1 aromatic carbocycles. The van der Waals surface area contributed by atoms with E-state index in [1.54, 1.807) is 7.11 Å². The van der Waals surface area contributed by atoms with Crippen LogP contribution in [0.15, 0.2) is 24.3 Å². The molecule has 0 saturated heterocycles. The van der Waals surface area contributed by atoms with Gasteiger partial charge in [-0.15, -0.1) is 12.3 Å². The number of hydrogen-bond acceptors (Lipinski definition) is 2. The fraction of sp³-hybridized carbons (Fsp3) is 0.429. The first kappa shape index (κ1) is 12.6. The van der Waals surface area contributed by atoms with E-state index in [0.717, 1.165) is 25.1 Å². The molecule has 1 unspecified atom stereocenters. The third-order valence-corrected chi connectivity index (χ3v) is 2.59. The summed E-state index contributed by atoms with van der Waals surface area (Å²) in [5.74, 6) is 3.58. The van der Waals surface area contributed by atoms with Crippen molar-refractivity contribution in [2.24, 2.45) is 0 Å². The summed E-state index contributed by atoms with van der Waals surface area (Å²) in [6.07, 6.45) is 7.14. The zero-order valence-electron chi connectivity index (χ0n) is 9.99. The van der Waals surface area contributed by atoms with Gasteiger partial charge in [-0.05, 0) is 24.1 Å². The Hall–Kier alpha value is -1.46. The van der Waals surface area contributed by atoms with E-state index in [-0.39, 0.29) is 0 Å². The zero-order chi connectivity index (χ0) is 11.8. The van der Waals surface area contributed by atoms with Crippen LogP contribution in [0.2, 0.25) is 0 Å². The molecule has 1 atom stereocenters. The molecule has 0 fully saturated rings. The van der Waals surface area contributed by atoms with Crippen LogP contribution in [-0.4, -0.2) is 13.2 Å². The molecule has 16 heavy (non-hydrogen) atoms. The SMILES string of the molecule is C#CCC(CC)NCc1cccc(OC)c1. The smallest absolute Gasteiger partial charge is 0.119 e. The molecule has 0 aliphatic carbocycles. The summed E-state index contributed by atoms with van der Waals surface area (Å²) in [5, 5.41) is 3.44. The van der Waals surface area contributed by atoms with Gasteiger partial charge in [0.1, 0.15) is 5.75 Å². The molecule has 0 bridgehead atoms. The van der Waals surface area contributed by atoms with Gasteiger partial charge in [0.25, 0.3) is 0 Å². The zero-order valence-corrected chi connectivity index (χ0v) is 9.99. The second-order valence-electron chi connectivity index (χ2n) is 3.75. The predicted molar refractivity (Wildman–Crippen MR) is 67.4 cm³/mol. The fourth-order valence-electron chi connectivity index (χ4n) is 1.55. The quantitative estimate of drug-likeness (QED) is 0.739. The van der Waals surface area contributed by atoms with E-state index in [0.29, 0.717) is 6.04 Å². The van der Waals surface area contributed by atoms with Crippen LogP contribution < -0.4 is 10.1 Å². The maximum atomic E-state index is 5.31. The number of benzene rings is 1. The van der Waals surface area contributed by atoms with Crippen LogP contribution in [0.25, 0.3) is 0 Å². The normalized spacial score (nSPS) is 11.8. The Balaban J connectivity index is 2.50. The topological polar surface area (TPSA) is 21.3 Å². The highest BCUT2D eigenvalue weighted by molar-refractivity contribution is 5.28. The van der Waals surface area contributed by atoms with Gasteiger partial charge in [-0.1, -0.05) is 19.1 Å². The van der Waals surface area contributed by atoms with Crippen molar-refractivity contribution in [1.82, 2.24) is 5.32 Å². The number of rotatable bonds is 6. The third-order valence-electron chi connectivity index (χ3n) is 2.59. The van der Waals surface area contributed by atoms with Crippen molar-refractivity contribution in [3.8, 4) is 18.1 Å². The Morgan fingerprint density at radius 3 is 2.94 bits per heavy atom. The average molecular weight is 217 g/mol. The summed E-state index contributed by atoms with van der Waals surface area (Å²) in [6.45, 7) is 2.97. The molecule has 0 spiro atoms. The van der Waals surface area contributed by atoms with E-state index in [9.17, 15) is 0 Å². The third kappa shape index (κ3) is 3.96. The first-order valence-corrected chi connectivity index (χ1v) is 5.60. The Morgan fingerprint density at radius 2 is 2.31 bits per heavy atom. The number of ether oxygens (including phenoxy) is 1. The van der Waals surface area contributed by atoms with E-state index in [4.69, 9.17) is 11.2 Å². The number of terminal acetylenes is 1. The molecule has 0 aromatic heterocycles. The number of nitrogens with one attached hydrogen (secondary N) is 1. The summed E-state index contributed by atoms with van der Waals surface area (Å²) in [6, 6.07) is 8.46. The van der Waals surface area contributed by atoms with Gasteiger partial charge in [-0.25, -0.2) is 0 Å². The van der Waals surface area contributed by atoms with Crippen molar-refractivity contribution in [2.75, 3.05) is 7.11 Å². The van der Waals surface area contributed by atoms with Crippen molar-refractivity contribution in [3.05, 3.63) is 29.8 Å². The van der Waals surface area contributed by atoms with Crippen LogP contribution in [0.1, 0.15) is 25.3 Å². The summed E-state index contributed by atoms with van der Waals surface area (Å²) >= 11 is 0. The summed E-state index contributed by atoms with van der Waals surface area (Å²) < 4.78 is 5.18. The monoisotopic (exact) mass is 217 g/mol. The molecule has 2 heteroatoms. The highest BCUT2D eigenvalue weighted by atomic mass is 16.5. The molecule has 1 rings (SSSR count). The van der Waals surface area contributed by atoms with Gasteiger partial charge in [0.15, 0.2) is 0 Å². The lowest BCUT2D eigenvalue weighted by Gasteiger charge is -2.14. The lowest BCUT2D eigenvalue weighted by Crippen LogP contribution is -2.27. The van der Waals surface area contributed by atoms with Gasteiger partial charge < -0.3 is 10.1 Å². The van der Waals surface area contributed by atoms with Crippen LogP contribution in [0.4, 0.5) is 0 Å². The van der Waals surface area contributed by atoms with Gasteiger partial charge in [0.05, 0.1) is 7.11 Å². The average Bonchev–Trinajstić information content (AvgIpc) is 2.34. The van der Waals surface area contributed by atoms with Crippen molar-refractivity contribution in [1.29, 1.82) is 0 Å². The van der Waals surface area contributed by atoms with E-state index >= 15 is 0 Å². The molecule has 2 nitrogen and oxygen atoms in total. The highest BCUT2D eigenvalue weighted by Crippen LogP contribution is 2.12. The largest absolute Gasteiger partial charge is 0.497 e. The van der Waals surface area contributed by atoms with Crippen molar-refractivity contribution in [3.63, 3.8) is 0 Å². The standard InChI is InChI=1S/C14H19NO/c1-4-7-13(5-2)15-11-12-8-6-9-14(10-12)16-3/h1,6,8-10,13,15H,5,7,11H2,2-3H3. The maximum absolute atomic E-state index is 5.31. The molecule has 0 aliphatic rings. The van der Waals surface area contributed by atoms with Crippen LogP contribution in [0.5, 0.6) is 5.75 Å². The predicted octanol–water partition coefficient (Wildman–Crippen LogP) is 2.59. The molecule has 0 amide bonds. The van der Waals surface area contributed by atoms with Crippen LogP contribution in [-0.2, 0) is 6.54 Å². The Bertz CT molecular complexity index is 354. The van der Waals surface area contributed by atoms with Crippen molar-refractivity contribution in [2.45, 2.75) is 32.4 Å². The minimum Gasteiger partial charge on any atom is -0.497 e. The molecule has 0 aliphatic heterocycles. The van der Waals surface area contributed by atoms with Gasteiger partial charge in [0.2, 0.25) is 0 Å². The van der Waals surface area contributed by atoms with E-state index in [2.05, 4.69) is 24.2 Å². The number of hydrogen-bond donors (Lipinski definition) is 1. The Morgan fingerprint density at radius 1 is 1.50 bits per heavy atom. The fourth-order valence-corrected chi connectivity index (χ4v) is 1.55. The van der Waals surface area contributed by atoms with Crippen LogP contribution in [0.3, 0.4) is 0 Å².